The fraction of sp³-hybridized carbons (Fsp3) is 0.417. The van der Waals surface area contributed by atoms with Crippen molar-refractivity contribution in [3.8, 4) is 11.4 Å². The van der Waals surface area contributed by atoms with Crippen molar-refractivity contribution in [3.63, 3.8) is 0 Å². The lowest BCUT2D eigenvalue weighted by molar-refractivity contribution is 0.122. The van der Waals surface area contributed by atoms with E-state index in [0.717, 1.165) is 90.7 Å². The Morgan fingerprint density at radius 2 is 2.06 bits per heavy atom. The summed E-state index contributed by atoms with van der Waals surface area (Å²) in [6, 6.07) is 10.6. The number of hydrogen-bond donors (Lipinski definition) is 2. The lowest BCUT2D eigenvalue weighted by Gasteiger charge is -2.28. The first kappa shape index (κ1) is 20.1. The maximum atomic E-state index is 9.48. The van der Waals surface area contributed by atoms with Gasteiger partial charge in [-0.3, -0.25) is 4.90 Å². The summed E-state index contributed by atoms with van der Waals surface area (Å²) < 4.78 is 6.75. The van der Waals surface area contributed by atoms with Crippen LogP contribution in [0.15, 0.2) is 36.5 Å². The minimum Gasteiger partial charge on any atom is -0.396 e. The highest BCUT2D eigenvalue weighted by atomic mass is 32.1. The molecular weight excluding hydrogens is 422 g/mol. The van der Waals surface area contributed by atoms with E-state index >= 15 is 0 Å². The second-order valence-corrected chi connectivity index (χ2v) is 9.85. The lowest BCUT2D eigenvalue weighted by Crippen LogP contribution is -2.36. The first-order valence-corrected chi connectivity index (χ1v) is 12.1. The molecule has 0 amide bonds. The van der Waals surface area contributed by atoms with Crippen molar-refractivity contribution in [1.82, 2.24) is 19.9 Å². The lowest BCUT2D eigenvalue weighted by atomic mass is 10.1. The zero-order valence-corrected chi connectivity index (χ0v) is 18.8. The Hall–Kier alpha value is -2.52. The molecule has 2 aliphatic rings. The van der Waals surface area contributed by atoms with E-state index in [0.29, 0.717) is 5.92 Å². The van der Waals surface area contributed by atoms with Crippen LogP contribution in [0.4, 0.5) is 5.82 Å². The van der Waals surface area contributed by atoms with Crippen LogP contribution in [0.1, 0.15) is 11.3 Å². The van der Waals surface area contributed by atoms with Crippen LogP contribution in [-0.4, -0.2) is 71.0 Å². The Morgan fingerprint density at radius 1 is 1.16 bits per heavy atom. The van der Waals surface area contributed by atoms with Crippen LogP contribution in [0, 0.1) is 5.92 Å². The normalized spacial score (nSPS) is 20.0. The van der Waals surface area contributed by atoms with E-state index in [9.17, 15) is 5.11 Å². The summed E-state index contributed by atoms with van der Waals surface area (Å²) in [5, 5.41) is 10.6. The van der Waals surface area contributed by atoms with Gasteiger partial charge in [-0.2, -0.15) is 0 Å². The molecule has 32 heavy (non-hydrogen) atoms. The molecule has 7 nitrogen and oxygen atoms in total. The predicted molar refractivity (Wildman–Crippen MR) is 128 cm³/mol. The molecule has 1 unspecified atom stereocenters. The fourth-order valence-corrected chi connectivity index (χ4v) is 6.01. The summed E-state index contributed by atoms with van der Waals surface area (Å²) in [6.07, 6.45) is 3.04. The maximum Gasteiger partial charge on any atom is 0.162 e. The quantitative estimate of drug-likeness (QED) is 0.486. The summed E-state index contributed by atoms with van der Waals surface area (Å²) in [6.45, 7) is 6.34. The number of likely N-dealkylation sites (tertiary alicyclic amines) is 1. The molecule has 2 saturated heterocycles. The number of rotatable bonds is 5. The van der Waals surface area contributed by atoms with Crippen molar-refractivity contribution in [3.05, 3.63) is 41.4 Å². The van der Waals surface area contributed by atoms with Crippen molar-refractivity contribution in [2.45, 2.75) is 13.0 Å². The van der Waals surface area contributed by atoms with Gasteiger partial charge in [0.15, 0.2) is 11.6 Å². The Bertz CT molecular complexity index is 1250. The summed E-state index contributed by atoms with van der Waals surface area (Å²) in [5.74, 6) is 2.20. The number of aliphatic hydroxyl groups excluding tert-OH is 1. The topological polar surface area (TPSA) is 77.5 Å². The molecule has 8 heteroatoms. The molecule has 0 aliphatic carbocycles. The van der Waals surface area contributed by atoms with Crippen LogP contribution in [0.3, 0.4) is 0 Å². The first-order chi connectivity index (χ1) is 15.8. The molecule has 0 spiro atoms. The molecule has 3 aromatic heterocycles. The van der Waals surface area contributed by atoms with Crippen LogP contribution < -0.4 is 4.90 Å². The number of thiophene rings is 1. The van der Waals surface area contributed by atoms with Gasteiger partial charge in [0.2, 0.25) is 0 Å². The number of H-pyrrole nitrogens is 1. The fourth-order valence-electron chi connectivity index (χ4n) is 4.86. The van der Waals surface area contributed by atoms with Gasteiger partial charge in [-0.25, -0.2) is 9.97 Å². The van der Waals surface area contributed by atoms with E-state index in [1.54, 1.807) is 11.3 Å². The molecule has 4 aromatic rings. The molecular formula is C24H27N5O2S. The molecule has 166 valence electrons. The average molecular weight is 450 g/mol. The number of aliphatic hydroxyl groups is 1. The van der Waals surface area contributed by atoms with E-state index in [4.69, 9.17) is 14.7 Å². The minimum absolute atomic E-state index is 0.281. The number of aromatic amines is 1. The highest BCUT2D eigenvalue weighted by Crippen LogP contribution is 2.36. The summed E-state index contributed by atoms with van der Waals surface area (Å²) in [5.41, 5.74) is 3.16. The molecule has 0 saturated carbocycles. The molecule has 1 atom stereocenters. The van der Waals surface area contributed by atoms with E-state index in [1.165, 1.54) is 4.88 Å². The van der Waals surface area contributed by atoms with Gasteiger partial charge in [-0.1, -0.05) is 12.1 Å². The zero-order valence-electron chi connectivity index (χ0n) is 18.0. The van der Waals surface area contributed by atoms with Gasteiger partial charge in [0.1, 0.15) is 0 Å². The maximum absolute atomic E-state index is 9.48. The molecule has 2 fully saturated rings. The van der Waals surface area contributed by atoms with E-state index in [-0.39, 0.29) is 6.61 Å². The molecule has 5 heterocycles. The molecule has 2 N–H and O–H groups in total. The number of hydrogen-bond acceptors (Lipinski definition) is 7. The van der Waals surface area contributed by atoms with Crippen LogP contribution in [0.2, 0.25) is 0 Å². The number of anilines is 1. The Balaban J connectivity index is 1.43. The van der Waals surface area contributed by atoms with Crippen molar-refractivity contribution in [1.29, 1.82) is 0 Å². The SMILES string of the molecule is OCC1CCN(Cc2cc3nc(-c4cccc5[nH]ccc45)nc(N4CCOCC4)c3s2)C1. The number of nitrogens with zero attached hydrogens (tertiary/aromatic N) is 4. The standard InChI is InChI=1S/C24H27N5O2S/c30-15-16-5-7-28(13-16)14-17-12-21-22(32-17)24(29-8-10-31-11-9-29)27-23(26-21)19-2-1-3-20-18(19)4-6-25-20/h1-4,6,12,16,25,30H,5,7-11,13-15H2. The molecule has 6 rings (SSSR count). The number of morpholine rings is 1. The number of fused-ring (bicyclic) bond motifs is 2. The average Bonchev–Trinajstić information content (AvgIpc) is 3.58. The third-order valence-corrected chi connectivity index (χ3v) is 7.66. The smallest absolute Gasteiger partial charge is 0.162 e. The van der Waals surface area contributed by atoms with Crippen molar-refractivity contribution >= 4 is 38.3 Å². The van der Waals surface area contributed by atoms with Crippen LogP contribution >= 0.6 is 11.3 Å². The first-order valence-electron chi connectivity index (χ1n) is 11.3. The highest BCUT2D eigenvalue weighted by molar-refractivity contribution is 7.19. The van der Waals surface area contributed by atoms with Gasteiger partial charge < -0.3 is 19.7 Å². The second kappa shape index (κ2) is 8.44. The largest absolute Gasteiger partial charge is 0.396 e. The van der Waals surface area contributed by atoms with Crippen LogP contribution in [0.25, 0.3) is 32.5 Å². The van der Waals surface area contributed by atoms with Gasteiger partial charge in [0.05, 0.1) is 23.4 Å². The molecule has 0 radical (unpaired) electrons. The summed E-state index contributed by atoms with van der Waals surface area (Å²) in [4.78, 5) is 19.5. The van der Waals surface area contributed by atoms with Gasteiger partial charge in [0, 0.05) is 60.3 Å². The zero-order chi connectivity index (χ0) is 21.5. The van der Waals surface area contributed by atoms with Crippen molar-refractivity contribution in [2.75, 3.05) is 50.9 Å². The highest BCUT2D eigenvalue weighted by Gasteiger charge is 2.24. The van der Waals surface area contributed by atoms with Gasteiger partial charge in [0.25, 0.3) is 0 Å². The molecule has 0 bridgehead atoms. The van der Waals surface area contributed by atoms with E-state index in [1.807, 2.05) is 6.20 Å². The monoisotopic (exact) mass is 449 g/mol. The Morgan fingerprint density at radius 3 is 2.91 bits per heavy atom. The molecule has 2 aliphatic heterocycles. The number of ether oxygens (including phenoxy) is 1. The predicted octanol–water partition coefficient (Wildman–Crippen LogP) is 3.49. The molecule has 1 aromatic carbocycles. The van der Waals surface area contributed by atoms with Gasteiger partial charge in [-0.05, 0) is 37.1 Å². The Labute approximate surface area is 190 Å². The van der Waals surface area contributed by atoms with Crippen LogP contribution in [0.5, 0.6) is 0 Å². The summed E-state index contributed by atoms with van der Waals surface area (Å²) >= 11 is 1.80. The Kier molecular flexibility index (Phi) is 5.30. The number of nitrogens with one attached hydrogen (secondary N) is 1. The van der Waals surface area contributed by atoms with Gasteiger partial charge >= 0.3 is 0 Å². The van der Waals surface area contributed by atoms with Crippen molar-refractivity contribution in [2.24, 2.45) is 5.92 Å². The van der Waals surface area contributed by atoms with Crippen molar-refractivity contribution < 1.29 is 9.84 Å². The van der Waals surface area contributed by atoms with Gasteiger partial charge in [-0.15, -0.1) is 11.3 Å². The third-order valence-electron chi connectivity index (χ3n) is 6.56. The van der Waals surface area contributed by atoms with Crippen LogP contribution in [-0.2, 0) is 11.3 Å². The number of aromatic nitrogens is 3. The minimum atomic E-state index is 0.281. The van der Waals surface area contributed by atoms with E-state index in [2.05, 4.69) is 45.1 Å². The summed E-state index contributed by atoms with van der Waals surface area (Å²) in [7, 11) is 0. The number of benzene rings is 1. The third kappa shape index (κ3) is 3.67. The second-order valence-electron chi connectivity index (χ2n) is 8.71. The van der Waals surface area contributed by atoms with E-state index < -0.39 is 0 Å².